The molecule has 0 saturated carbocycles. The first-order valence-electron chi connectivity index (χ1n) is 8.11. The van der Waals surface area contributed by atoms with Gasteiger partial charge in [-0.25, -0.2) is 13.6 Å². The van der Waals surface area contributed by atoms with Gasteiger partial charge in [0.2, 0.25) is 10.0 Å². The van der Waals surface area contributed by atoms with E-state index in [-0.39, 0.29) is 28.0 Å². The van der Waals surface area contributed by atoms with Crippen LogP contribution in [0.2, 0.25) is 0 Å². The third-order valence-corrected chi connectivity index (χ3v) is 5.41. The van der Waals surface area contributed by atoms with Crippen molar-refractivity contribution < 1.29 is 17.6 Å². The fourth-order valence-electron chi connectivity index (χ4n) is 3.24. The molecule has 0 bridgehead atoms. The van der Waals surface area contributed by atoms with Crippen molar-refractivity contribution in [2.45, 2.75) is 31.7 Å². The summed E-state index contributed by atoms with van der Waals surface area (Å²) in [4.78, 5) is 12.5. The van der Waals surface area contributed by atoms with Gasteiger partial charge in [0.05, 0.1) is 6.04 Å². The summed E-state index contributed by atoms with van der Waals surface area (Å²) in [6.07, 6.45) is 0. The van der Waals surface area contributed by atoms with Gasteiger partial charge < -0.3 is 9.73 Å². The molecule has 0 aliphatic heterocycles. The van der Waals surface area contributed by atoms with Crippen LogP contribution in [0.4, 0.5) is 0 Å². The van der Waals surface area contributed by atoms with Crippen molar-refractivity contribution in [3.05, 3.63) is 65.1 Å². The summed E-state index contributed by atoms with van der Waals surface area (Å²) in [7, 11) is -4.08. The van der Waals surface area contributed by atoms with Crippen LogP contribution < -0.4 is 10.5 Å². The van der Waals surface area contributed by atoms with E-state index < -0.39 is 15.9 Å². The molecule has 0 aliphatic carbocycles. The Hall–Kier alpha value is -2.64. The Kier molecular flexibility index (Phi) is 4.60. The molecule has 0 radical (unpaired) electrons. The van der Waals surface area contributed by atoms with Gasteiger partial charge in [0.15, 0.2) is 0 Å². The molecule has 26 heavy (non-hydrogen) atoms. The summed E-state index contributed by atoms with van der Waals surface area (Å²) < 4.78 is 29.1. The molecule has 0 spiro atoms. The second-order valence-electron chi connectivity index (χ2n) is 6.23. The van der Waals surface area contributed by atoms with Crippen LogP contribution in [0, 0.1) is 13.8 Å². The van der Waals surface area contributed by atoms with E-state index in [0.717, 1.165) is 16.3 Å². The van der Waals surface area contributed by atoms with Gasteiger partial charge in [-0.05, 0) is 37.1 Å². The number of carbonyl (C=O) groups excluding carboxylic acids is 1. The first kappa shape index (κ1) is 18.2. The number of furan rings is 1. The van der Waals surface area contributed by atoms with Gasteiger partial charge in [0.25, 0.3) is 5.91 Å². The molecule has 1 amide bonds. The van der Waals surface area contributed by atoms with Crippen LogP contribution >= 0.6 is 0 Å². The minimum absolute atomic E-state index is 0.0444. The predicted octanol–water partition coefficient (Wildman–Crippen LogP) is 3.19. The van der Waals surface area contributed by atoms with Gasteiger partial charge in [-0.3, -0.25) is 4.79 Å². The average molecular weight is 372 g/mol. The molecular formula is C19H20N2O4S. The van der Waals surface area contributed by atoms with Crippen molar-refractivity contribution in [1.29, 1.82) is 0 Å². The van der Waals surface area contributed by atoms with Gasteiger partial charge in [-0.1, -0.05) is 42.5 Å². The number of primary sulfonamides is 1. The van der Waals surface area contributed by atoms with Crippen molar-refractivity contribution in [2.75, 3.05) is 0 Å². The zero-order valence-corrected chi connectivity index (χ0v) is 15.6. The summed E-state index contributed by atoms with van der Waals surface area (Å²) in [5, 5.41) is 10.2. The maximum Gasteiger partial charge on any atom is 0.256 e. The highest BCUT2D eigenvalue weighted by molar-refractivity contribution is 7.89. The Balaban J connectivity index is 1.99. The van der Waals surface area contributed by atoms with Crippen LogP contribution in [0.25, 0.3) is 10.8 Å². The van der Waals surface area contributed by atoms with Crippen LogP contribution in [-0.4, -0.2) is 14.3 Å². The third kappa shape index (κ3) is 3.23. The smallest absolute Gasteiger partial charge is 0.256 e. The standard InChI is InChI=1S/C19H20N2O4S/c1-11(15-10-6-8-14-7-4-5-9-16(14)15)21-19(22)17-12(2)25-13(3)18(17)26(20,23)24/h4-11H,1-3H3,(H,21,22)(H2,20,23,24)/t11-/m0/s1. The predicted molar refractivity (Wildman–Crippen MR) is 99.4 cm³/mol. The minimum atomic E-state index is -4.08. The lowest BCUT2D eigenvalue weighted by molar-refractivity contribution is 0.0935. The summed E-state index contributed by atoms with van der Waals surface area (Å²) >= 11 is 0. The quantitative estimate of drug-likeness (QED) is 0.734. The largest absolute Gasteiger partial charge is 0.464 e. The number of nitrogens with one attached hydrogen (secondary N) is 1. The number of aryl methyl sites for hydroxylation is 2. The van der Waals surface area contributed by atoms with Crippen LogP contribution in [0.15, 0.2) is 51.8 Å². The Morgan fingerprint density at radius 1 is 1.08 bits per heavy atom. The first-order valence-corrected chi connectivity index (χ1v) is 9.66. The number of hydrogen-bond donors (Lipinski definition) is 2. The van der Waals surface area contributed by atoms with Crippen molar-refractivity contribution >= 4 is 26.7 Å². The summed E-state index contributed by atoms with van der Waals surface area (Å²) in [5.41, 5.74) is 0.892. The fraction of sp³-hybridized carbons (Fsp3) is 0.211. The number of nitrogens with two attached hydrogens (primary N) is 1. The van der Waals surface area contributed by atoms with Crippen LogP contribution in [-0.2, 0) is 10.0 Å². The summed E-state index contributed by atoms with van der Waals surface area (Å²) in [6, 6.07) is 13.4. The Morgan fingerprint density at radius 3 is 2.42 bits per heavy atom. The van der Waals surface area contributed by atoms with Crippen LogP contribution in [0.1, 0.15) is 40.4 Å². The molecule has 6 nitrogen and oxygen atoms in total. The van der Waals surface area contributed by atoms with E-state index >= 15 is 0 Å². The van der Waals surface area contributed by atoms with Crippen molar-refractivity contribution in [3.63, 3.8) is 0 Å². The molecule has 0 unspecified atom stereocenters. The van der Waals surface area contributed by atoms with E-state index in [1.807, 2.05) is 49.4 Å². The number of fused-ring (bicyclic) bond motifs is 1. The summed E-state index contributed by atoms with van der Waals surface area (Å²) in [5.74, 6) is -0.217. The number of hydrogen-bond acceptors (Lipinski definition) is 4. The maximum atomic E-state index is 12.8. The highest BCUT2D eigenvalue weighted by Gasteiger charge is 2.29. The number of carbonyl (C=O) groups is 1. The van der Waals surface area contributed by atoms with Gasteiger partial charge in [0, 0.05) is 0 Å². The van der Waals surface area contributed by atoms with Crippen LogP contribution in [0.3, 0.4) is 0 Å². The topological polar surface area (TPSA) is 102 Å². The molecule has 3 aromatic rings. The second-order valence-corrected chi connectivity index (χ2v) is 7.73. The molecule has 1 aromatic heterocycles. The third-order valence-electron chi connectivity index (χ3n) is 4.35. The van der Waals surface area contributed by atoms with Gasteiger partial charge in [-0.2, -0.15) is 0 Å². The molecule has 0 fully saturated rings. The monoisotopic (exact) mass is 372 g/mol. The van der Waals surface area contributed by atoms with E-state index in [0.29, 0.717) is 0 Å². The Bertz CT molecular complexity index is 1090. The SMILES string of the molecule is Cc1oc(C)c(S(N)(=O)=O)c1C(=O)N[C@@H](C)c1cccc2ccccc12. The normalized spacial score (nSPS) is 12.9. The molecule has 2 aromatic carbocycles. The average Bonchev–Trinajstić information content (AvgIpc) is 2.88. The number of sulfonamides is 1. The van der Waals surface area contributed by atoms with Crippen LogP contribution in [0.5, 0.6) is 0 Å². The molecular weight excluding hydrogens is 352 g/mol. The molecule has 0 aliphatic rings. The molecule has 3 rings (SSSR count). The van der Waals surface area contributed by atoms with Crippen molar-refractivity contribution in [3.8, 4) is 0 Å². The number of benzene rings is 2. The lowest BCUT2D eigenvalue weighted by Gasteiger charge is -2.17. The highest BCUT2D eigenvalue weighted by Crippen LogP contribution is 2.28. The molecule has 1 heterocycles. The Labute approximate surface area is 152 Å². The van der Waals surface area contributed by atoms with E-state index in [9.17, 15) is 13.2 Å². The molecule has 136 valence electrons. The Morgan fingerprint density at radius 2 is 1.73 bits per heavy atom. The molecule has 1 atom stereocenters. The fourth-order valence-corrected chi connectivity index (χ4v) is 4.21. The maximum absolute atomic E-state index is 12.8. The lowest BCUT2D eigenvalue weighted by atomic mass is 9.99. The zero-order chi connectivity index (χ0) is 19.1. The van der Waals surface area contributed by atoms with E-state index in [1.165, 1.54) is 6.92 Å². The van der Waals surface area contributed by atoms with Gasteiger partial charge in [-0.15, -0.1) is 0 Å². The van der Waals surface area contributed by atoms with E-state index in [4.69, 9.17) is 9.56 Å². The van der Waals surface area contributed by atoms with Gasteiger partial charge >= 0.3 is 0 Å². The second kappa shape index (κ2) is 6.59. The first-order chi connectivity index (χ1) is 12.2. The van der Waals surface area contributed by atoms with Crippen molar-refractivity contribution in [1.82, 2.24) is 5.32 Å². The zero-order valence-electron chi connectivity index (χ0n) is 14.7. The number of amides is 1. The van der Waals surface area contributed by atoms with Crippen molar-refractivity contribution in [2.24, 2.45) is 5.14 Å². The molecule has 3 N–H and O–H groups in total. The van der Waals surface area contributed by atoms with E-state index in [1.54, 1.807) is 6.92 Å². The highest BCUT2D eigenvalue weighted by atomic mass is 32.2. The molecule has 0 saturated heterocycles. The molecule has 7 heteroatoms. The number of rotatable bonds is 4. The lowest BCUT2D eigenvalue weighted by Crippen LogP contribution is -2.29. The van der Waals surface area contributed by atoms with E-state index in [2.05, 4.69) is 5.32 Å². The van der Waals surface area contributed by atoms with Gasteiger partial charge in [0.1, 0.15) is 22.0 Å². The minimum Gasteiger partial charge on any atom is -0.464 e. The summed E-state index contributed by atoms with van der Waals surface area (Å²) in [6.45, 7) is 4.86.